The third-order valence-corrected chi connectivity index (χ3v) is 12.7. The Morgan fingerprint density at radius 3 is 1.71 bits per heavy atom. The Labute approximate surface area is 130 Å². The molecule has 1 aliphatic rings. The van der Waals surface area contributed by atoms with E-state index in [0.29, 0.717) is 5.04 Å². The van der Waals surface area contributed by atoms with E-state index in [1.54, 1.807) is 11.1 Å². The summed E-state index contributed by atoms with van der Waals surface area (Å²) in [6.45, 7) is 4.89. The summed E-state index contributed by atoms with van der Waals surface area (Å²) in [6.07, 6.45) is 2.74. The molecule has 110 valence electrons. The molecule has 0 amide bonds. The first-order chi connectivity index (χ1) is 10.3. The van der Waals surface area contributed by atoms with Crippen molar-refractivity contribution < 1.29 is 0 Å². The third-order valence-electron chi connectivity index (χ3n) is 6.00. The molecule has 0 aliphatic carbocycles. The highest BCUT2D eigenvalue weighted by Crippen LogP contribution is 2.55. The predicted molar refractivity (Wildman–Crippen MR) is 94.4 cm³/mol. The molecule has 1 heterocycles. The van der Waals surface area contributed by atoms with Crippen LogP contribution in [0.4, 0.5) is 0 Å². The van der Waals surface area contributed by atoms with Gasteiger partial charge in [-0.2, -0.15) is 0 Å². The Hall–Kier alpha value is -1.34. The highest BCUT2D eigenvalue weighted by molar-refractivity contribution is 6.83. The second-order valence-corrected chi connectivity index (χ2v) is 11.8. The highest BCUT2D eigenvalue weighted by Gasteiger charge is 2.55. The molecule has 0 saturated carbocycles. The smallest absolute Gasteiger partial charge is 0.0677 e. The van der Waals surface area contributed by atoms with Gasteiger partial charge in [0.25, 0.3) is 0 Å². The average molecular weight is 295 g/mol. The third kappa shape index (κ3) is 2.10. The standard InChI is InChI=1S/C20H26Si/c1-3-21(4-2)17-11-16-20(21,18-12-7-5-8-13-18)19-14-9-6-10-15-19/h5-10,12-15H,3-4,11,16-17H2,1-2H3. The van der Waals surface area contributed by atoms with Crippen molar-refractivity contribution in [2.45, 2.75) is 49.9 Å². The lowest BCUT2D eigenvalue weighted by atomic mass is 9.86. The lowest BCUT2D eigenvalue weighted by molar-refractivity contribution is 0.655. The van der Waals surface area contributed by atoms with Gasteiger partial charge in [-0.15, -0.1) is 0 Å². The summed E-state index contributed by atoms with van der Waals surface area (Å²) in [7, 11) is -1.34. The van der Waals surface area contributed by atoms with Gasteiger partial charge in [0.2, 0.25) is 0 Å². The zero-order chi connectivity index (χ0) is 14.8. The van der Waals surface area contributed by atoms with Crippen LogP contribution in [0.3, 0.4) is 0 Å². The van der Waals surface area contributed by atoms with Crippen LogP contribution in [0.25, 0.3) is 0 Å². The number of rotatable bonds is 4. The van der Waals surface area contributed by atoms with Crippen molar-refractivity contribution in [2.75, 3.05) is 0 Å². The molecule has 1 fully saturated rings. The van der Waals surface area contributed by atoms with Crippen LogP contribution in [-0.2, 0) is 5.04 Å². The van der Waals surface area contributed by atoms with Crippen LogP contribution in [0.1, 0.15) is 37.8 Å². The van der Waals surface area contributed by atoms with Gasteiger partial charge in [0.15, 0.2) is 0 Å². The Morgan fingerprint density at radius 1 is 0.810 bits per heavy atom. The van der Waals surface area contributed by atoms with Crippen molar-refractivity contribution in [3.05, 3.63) is 71.8 Å². The summed E-state index contributed by atoms with van der Waals surface area (Å²) >= 11 is 0. The zero-order valence-electron chi connectivity index (χ0n) is 13.3. The average Bonchev–Trinajstić information content (AvgIpc) is 2.97. The number of hydrogen-bond donors (Lipinski definition) is 0. The molecule has 1 aliphatic heterocycles. The second kappa shape index (κ2) is 5.80. The quantitative estimate of drug-likeness (QED) is 0.626. The highest BCUT2D eigenvalue weighted by atomic mass is 28.3. The molecule has 0 spiro atoms. The van der Waals surface area contributed by atoms with Crippen LogP contribution < -0.4 is 0 Å². The van der Waals surface area contributed by atoms with Gasteiger partial charge >= 0.3 is 0 Å². The van der Waals surface area contributed by atoms with Crippen LogP contribution in [0.15, 0.2) is 60.7 Å². The zero-order valence-corrected chi connectivity index (χ0v) is 14.3. The topological polar surface area (TPSA) is 0 Å². The minimum absolute atomic E-state index is 0.332. The van der Waals surface area contributed by atoms with E-state index in [0.717, 1.165) is 0 Å². The van der Waals surface area contributed by atoms with Crippen LogP contribution >= 0.6 is 0 Å². The maximum Gasteiger partial charge on any atom is 0.0698 e. The summed E-state index contributed by atoms with van der Waals surface area (Å²) in [5, 5.41) is 0.332. The van der Waals surface area contributed by atoms with Gasteiger partial charge in [-0.25, -0.2) is 0 Å². The molecule has 1 saturated heterocycles. The van der Waals surface area contributed by atoms with Crippen molar-refractivity contribution in [1.82, 2.24) is 0 Å². The molecule has 0 atom stereocenters. The summed E-state index contributed by atoms with van der Waals surface area (Å²) in [6, 6.07) is 27.0. The first-order valence-electron chi connectivity index (χ1n) is 8.40. The molecule has 0 unspecified atom stereocenters. The number of hydrogen-bond acceptors (Lipinski definition) is 0. The minimum Gasteiger partial charge on any atom is -0.0677 e. The Balaban J connectivity index is 2.26. The van der Waals surface area contributed by atoms with E-state index < -0.39 is 8.07 Å². The molecule has 0 N–H and O–H groups in total. The molecule has 0 nitrogen and oxygen atoms in total. The molecule has 0 radical (unpaired) electrons. The molecule has 2 aromatic carbocycles. The summed E-state index contributed by atoms with van der Waals surface area (Å²) in [4.78, 5) is 0. The maximum atomic E-state index is 2.45. The van der Waals surface area contributed by atoms with Crippen molar-refractivity contribution in [3.63, 3.8) is 0 Å². The normalized spacial score (nSPS) is 19.5. The van der Waals surface area contributed by atoms with Gasteiger partial charge < -0.3 is 0 Å². The molecular formula is C20H26Si. The van der Waals surface area contributed by atoms with Crippen molar-refractivity contribution in [2.24, 2.45) is 0 Å². The molecule has 2 aromatic rings. The lowest BCUT2D eigenvalue weighted by Crippen LogP contribution is -2.52. The van der Waals surface area contributed by atoms with Crippen molar-refractivity contribution >= 4 is 8.07 Å². The van der Waals surface area contributed by atoms with Crippen LogP contribution in [0.5, 0.6) is 0 Å². The molecule has 1 heteroatoms. The van der Waals surface area contributed by atoms with Gasteiger partial charge in [-0.1, -0.05) is 99.1 Å². The summed E-state index contributed by atoms with van der Waals surface area (Å²) in [5.74, 6) is 0. The van der Waals surface area contributed by atoms with E-state index in [9.17, 15) is 0 Å². The largest absolute Gasteiger partial charge is 0.0698 e. The number of benzene rings is 2. The predicted octanol–water partition coefficient (Wildman–Crippen LogP) is 5.79. The van der Waals surface area contributed by atoms with Gasteiger partial charge in [-0.05, 0) is 17.5 Å². The minimum atomic E-state index is -1.34. The van der Waals surface area contributed by atoms with Crippen LogP contribution in [0, 0.1) is 0 Å². The molecular weight excluding hydrogens is 268 g/mol. The van der Waals surface area contributed by atoms with E-state index in [1.165, 1.54) is 31.0 Å². The maximum absolute atomic E-state index is 2.45. The first-order valence-corrected chi connectivity index (χ1v) is 11.0. The fraction of sp³-hybridized carbons (Fsp3) is 0.400. The summed E-state index contributed by atoms with van der Waals surface area (Å²) in [5.41, 5.74) is 3.15. The SMILES string of the molecule is CC[Si]1(CC)CCCC1(c1ccccc1)c1ccccc1. The van der Waals surface area contributed by atoms with E-state index in [1.807, 2.05) is 0 Å². The van der Waals surface area contributed by atoms with Crippen molar-refractivity contribution in [1.29, 1.82) is 0 Å². The Morgan fingerprint density at radius 2 is 1.29 bits per heavy atom. The lowest BCUT2D eigenvalue weighted by Gasteiger charge is -2.45. The van der Waals surface area contributed by atoms with Gasteiger partial charge in [0.05, 0.1) is 8.07 Å². The van der Waals surface area contributed by atoms with Gasteiger partial charge in [-0.3, -0.25) is 0 Å². The van der Waals surface area contributed by atoms with Crippen molar-refractivity contribution in [3.8, 4) is 0 Å². The van der Waals surface area contributed by atoms with Gasteiger partial charge in [0, 0.05) is 5.04 Å². The van der Waals surface area contributed by atoms with E-state index in [2.05, 4.69) is 74.5 Å². The monoisotopic (exact) mass is 294 g/mol. The van der Waals surface area contributed by atoms with Gasteiger partial charge in [0.1, 0.15) is 0 Å². The fourth-order valence-corrected chi connectivity index (χ4v) is 10.9. The molecule has 21 heavy (non-hydrogen) atoms. The fourth-order valence-electron chi connectivity index (χ4n) is 4.89. The van der Waals surface area contributed by atoms with E-state index in [-0.39, 0.29) is 0 Å². The van der Waals surface area contributed by atoms with E-state index in [4.69, 9.17) is 0 Å². The van der Waals surface area contributed by atoms with Crippen LogP contribution in [0.2, 0.25) is 18.1 Å². The molecule has 3 rings (SSSR count). The van der Waals surface area contributed by atoms with Crippen LogP contribution in [-0.4, -0.2) is 8.07 Å². The first kappa shape index (κ1) is 14.6. The molecule has 0 aromatic heterocycles. The molecule has 0 bridgehead atoms. The Bertz CT molecular complexity index is 530. The second-order valence-electron chi connectivity index (χ2n) is 6.48. The van der Waals surface area contributed by atoms with E-state index >= 15 is 0 Å². The Kier molecular flexibility index (Phi) is 4.03. The summed E-state index contributed by atoms with van der Waals surface area (Å²) < 4.78 is 0.